The quantitative estimate of drug-likeness (QED) is 0.439. The summed E-state index contributed by atoms with van der Waals surface area (Å²) in [4.78, 5) is 4.44. The highest BCUT2D eigenvalue weighted by molar-refractivity contribution is 5.77. The second kappa shape index (κ2) is 6.67. The third-order valence-corrected chi connectivity index (χ3v) is 3.79. The molecule has 98 valence electrons. The molecule has 0 unspecified atom stereocenters. The summed E-state index contributed by atoms with van der Waals surface area (Å²) in [5, 5.41) is 3.02. The molecule has 0 amide bonds. The fourth-order valence-electron chi connectivity index (χ4n) is 2.53. The summed E-state index contributed by atoms with van der Waals surface area (Å²) >= 11 is 0. The minimum atomic E-state index is 0.265. The summed E-state index contributed by atoms with van der Waals surface area (Å²) < 4.78 is 0. The maximum Gasteiger partial charge on any atom is 0.188 e. The molecule has 0 atom stereocenters. The van der Waals surface area contributed by atoms with Crippen molar-refractivity contribution in [3.05, 3.63) is 12.7 Å². The molecule has 0 heterocycles. The van der Waals surface area contributed by atoms with Crippen LogP contribution in [0.25, 0.3) is 0 Å². The van der Waals surface area contributed by atoms with Crippen molar-refractivity contribution in [3.63, 3.8) is 0 Å². The molecular weight excluding hydrogens is 210 g/mol. The van der Waals surface area contributed by atoms with Crippen LogP contribution in [-0.4, -0.2) is 19.0 Å². The fourth-order valence-corrected chi connectivity index (χ4v) is 2.53. The van der Waals surface area contributed by atoms with E-state index in [0.717, 1.165) is 12.5 Å². The summed E-state index contributed by atoms with van der Waals surface area (Å²) in [6.07, 6.45) is 8.64. The first-order chi connectivity index (χ1) is 8.06. The van der Waals surface area contributed by atoms with E-state index in [1.165, 1.54) is 32.1 Å². The molecule has 1 saturated carbocycles. The zero-order valence-electron chi connectivity index (χ0n) is 11.3. The van der Waals surface area contributed by atoms with Crippen LogP contribution in [-0.2, 0) is 0 Å². The standard InChI is InChI=1S/C14H27N3/c1-4-10-16-13(15)17-11-14(2,3)12-8-6-5-7-9-12/h4,12H,1,5-11H2,2-3H3,(H3,15,16,17). The lowest BCUT2D eigenvalue weighted by Gasteiger charge is -2.35. The Bertz CT molecular complexity index is 263. The fraction of sp³-hybridized carbons (Fsp3) is 0.786. The van der Waals surface area contributed by atoms with Gasteiger partial charge in [0.1, 0.15) is 0 Å². The number of aliphatic imine (C=N–C) groups is 1. The monoisotopic (exact) mass is 237 g/mol. The lowest BCUT2D eigenvalue weighted by molar-refractivity contribution is 0.167. The Morgan fingerprint density at radius 2 is 2.06 bits per heavy atom. The number of rotatable bonds is 5. The first-order valence-corrected chi connectivity index (χ1v) is 6.71. The average molecular weight is 237 g/mol. The second-order valence-corrected chi connectivity index (χ2v) is 5.69. The minimum Gasteiger partial charge on any atom is -0.370 e. The summed E-state index contributed by atoms with van der Waals surface area (Å²) in [7, 11) is 0. The molecular formula is C14H27N3. The maximum atomic E-state index is 5.79. The maximum absolute atomic E-state index is 5.79. The van der Waals surface area contributed by atoms with E-state index < -0.39 is 0 Å². The highest BCUT2D eigenvalue weighted by Gasteiger charge is 2.30. The van der Waals surface area contributed by atoms with E-state index >= 15 is 0 Å². The highest BCUT2D eigenvalue weighted by atomic mass is 15.1. The molecule has 1 fully saturated rings. The van der Waals surface area contributed by atoms with Gasteiger partial charge in [0.05, 0.1) is 0 Å². The molecule has 3 nitrogen and oxygen atoms in total. The number of hydrogen-bond donors (Lipinski definition) is 2. The predicted molar refractivity (Wildman–Crippen MR) is 75.0 cm³/mol. The minimum absolute atomic E-state index is 0.265. The van der Waals surface area contributed by atoms with Crippen molar-refractivity contribution in [2.24, 2.45) is 22.1 Å². The van der Waals surface area contributed by atoms with Crippen LogP contribution in [0.15, 0.2) is 17.6 Å². The van der Waals surface area contributed by atoms with Gasteiger partial charge >= 0.3 is 0 Å². The van der Waals surface area contributed by atoms with Crippen LogP contribution in [0.2, 0.25) is 0 Å². The molecule has 0 saturated heterocycles. The third kappa shape index (κ3) is 4.80. The van der Waals surface area contributed by atoms with Gasteiger partial charge in [-0.1, -0.05) is 39.2 Å². The van der Waals surface area contributed by atoms with Crippen molar-refractivity contribution in [1.82, 2.24) is 5.32 Å². The summed E-state index contributed by atoms with van der Waals surface area (Å²) in [5.74, 6) is 1.33. The van der Waals surface area contributed by atoms with Gasteiger partial charge in [-0.05, 0) is 24.2 Å². The normalized spacial score (nSPS) is 19.1. The van der Waals surface area contributed by atoms with E-state index in [1.807, 2.05) is 0 Å². The Balaban J connectivity index is 2.44. The molecule has 0 aromatic heterocycles. The molecule has 17 heavy (non-hydrogen) atoms. The van der Waals surface area contributed by atoms with Crippen LogP contribution in [0.1, 0.15) is 46.0 Å². The van der Waals surface area contributed by atoms with E-state index in [4.69, 9.17) is 5.73 Å². The molecule has 0 bridgehead atoms. The lowest BCUT2D eigenvalue weighted by Crippen LogP contribution is -2.35. The number of nitrogens with zero attached hydrogens (tertiary/aromatic N) is 1. The number of hydrogen-bond acceptors (Lipinski definition) is 1. The number of nitrogens with one attached hydrogen (secondary N) is 1. The van der Waals surface area contributed by atoms with Gasteiger partial charge in [0.2, 0.25) is 0 Å². The highest BCUT2D eigenvalue weighted by Crippen LogP contribution is 2.38. The number of nitrogens with two attached hydrogens (primary N) is 1. The topological polar surface area (TPSA) is 50.4 Å². The van der Waals surface area contributed by atoms with Crippen molar-refractivity contribution in [2.75, 3.05) is 13.1 Å². The van der Waals surface area contributed by atoms with Crippen molar-refractivity contribution in [3.8, 4) is 0 Å². The summed E-state index contributed by atoms with van der Waals surface area (Å²) in [6, 6.07) is 0. The zero-order valence-corrected chi connectivity index (χ0v) is 11.3. The second-order valence-electron chi connectivity index (χ2n) is 5.69. The first-order valence-electron chi connectivity index (χ1n) is 6.71. The Morgan fingerprint density at radius 1 is 1.41 bits per heavy atom. The third-order valence-electron chi connectivity index (χ3n) is 3.79. The molecule has 0 aliphatic heterocycles. The van der Waals surface area contributed by atoms with E-state index in [2.05, 4.69) is 30.7 Å². The van der Waals surface area contributed by atoms with Gasteiger partial charge in [-0.25, -0.2) is 0 Å². The molecule has 3 heteroatoms. The summed E-state index contributed by atoms with van der Waals surface area (Å²) in [6.45, 7) is 9.76. The Morgan fingerprint density at radius 3 is 2.65 bits per heavy atom. The molecule has 0 spiro atoms. The van der Waals surface area contributed by atoms with Crippen molar-refractivity contribution < 1.29 is 0 Å². The van der Waals surface area contributed by atoms with Crippen LogP contribution in [0.3, 0.4) is 0 Å². The van der Waals surface area contributed by atoms with E-state index in [-0.39, 0.29) is 5.41 Å². The summed E-state index contributed by atoms with van der Waals surface area (Å²) in [5.41, 5.74) is 6.05. The van der Waals surface area contributed by atoms with E-state index in [9.17, 15) is 0 Å². The lowest BCUT2D eigenvalue weighted by atomic mass is 9.71. The van der Waals surface area contributed by atoms with Gasteiger partial charge in [0.15, 0.2) is 5.96 Å². The molecule has 0 aromatic carbocycles. The molecule has 1 aliphatic carbocycles. The van der Waals surface area contributed by atoms with Crippen molar-refractivity contribution >= 4 is 5.96 Å². The molecule has 0 aromatic rings. The smallest absolute Gasteiger partial charge is 0.188 e. The largest absolute Gasteiger partial charge is 0.370 e. The Hall–Kier alpha value is -0.990. The Labute approximate surface area is 106 Å². The first kappa shape index (κ1) is 14.1. The molecule has 1 aliphatic rings. The molecule has 1 rings (SSSR count). The van der Waals surface area contributed by atoms with Crippen LogP contribution in [0, 0.1) is 11.3 Å². The van der Waals surface area contributed by atoms with Crippen LogP contribution >= 0.6 is 0 Å². The van der Waals surface area contributed by atoms with Gasteiger partial charge in [-0.3, -0.25) is 4.99 Å². The van der Waals surface area contributed by atoms with Gasteiger partial charge in [-0.2, -0.15) is 0 Å². The van der Waals surface area contributed by atoms with E-state index in [0.29, 0.717) is 12.5 Å². The van der Waals surface area contributed by atoms with Gasteiger partial charge < -0.3 is 11.1 Å². The average Bonchev–Trinajstić information content (AvgIpc) is 2.35. The molecule has 3 N–H and O–H groups in total. The van der Waals surface area contributed by atoms with Crippen LogP contribution in [0.5, 0.6) is 0 Å². The van der Waals surface area contributed by atoms with Gasteiger partial charge in [-0.15, -0.1) is 6.58 Å². The van der Waals surface area contributed by atoms with Gasteiger partial charge in [0.25, 0.3) is 0 Å². The molecule has 0 radical (unpaired) electrons. The van der Waals surface area contributed by atoms with Crippen molar-refractivity contribution in [1.29, 1.82) is 0 Å². The Kier molecular flexibility index (Phi) is 5.52. The SMILES string of the molecule is C=CCNC(N)=NCC(C)(C)C1CCCCC1. The zero-order chi connectivity index (χ0) is 12.7. The van der Waals surface area contributed by atoms with Crippen LogP contribution in [0.4, 0.5) is 0 Å². The van der Waals surface area contributed by atoms with Crippen LogP contribution < -0.4 is 11.1 Å². The predicted octanol–water partition coefficient (Wildman–Crippen LogP) is 2.68. The van der Waals surface area contributed by atoms with Crippen molar-refractivity contribution in [2.45, 2.75) is 46.0 Å². The number of guanidine groups is 1. The van der Waals surface area contributed by atoms with Gasteiger partial charge in [0, 0.05) is 13.1 Å². The van der Waals surface area contributed by atoms with E-state index in [1.54, 1.807) is 6.08 Å².